The Morgan fingerprint density at radius 3 is 2.87 bits per heavy atom. The van der Waals surface area contributed by atoms with E-state index in [1.807, 2.05) is 35.8 Å². The third-order valence-electron chi connectivity index (χ3n) is 5.19. The van der Waals surface area contributed by atoms with Crippen molar-refractivity contribution >= 4 is 56.3 Å². The quantitative estimate of drug-likeness (QED) is 0.441. The minimum absolute atomic E-state index is 0.0149. The summed E-state index contributed by atoms with van der Waals surface area (Å²) in [5.74, 6) is 0.639. The number of rotatable bonds is 5. The lowest BCUT2D eigenvalue weighted by Crippen LogP contribution is -2.20. The molecule has 0 radical (unpaired) electrons. The molecule has 30 heavy (non-hydrogen) atoms. The van der Waals surface area contributed by atoms with Gasteiger partial charge in [0.2, 0.25) is 0 Å². The molecule has 1 aliphatic rings. The fourth-order valence-electron chi connectivity index (χ4n) is 3.66. The average Bonchev–Trinajstić information content (AvgIpc) is 3.38. The molecule has 1 atom stereocenters. The van der Waals surface area contributed by atoms with Gasteiger partial charge in [-0.15, -0.1) is 11.3 Å². The van der Waals surface area contributed by atoms with Gasteiger partial charge in [0.15, 0.2) is 0 Å². The van der Waals surface area contributed by atoms with E-state index >= 15 is 0 Å². The number of thiazole rings is 1. The number of hydrogen-bond acceptors (Lipinski definition) is 7. The smallest absolute Gasteiger partial charge is 0.132 e. The molecule has 3 heterocycles. The van der Waals surface area contributed by atoms with Gasteiger partial charge in [0.25, 0.3) is 0 Å². The molecule has 1 fully saturated rings. The van der Waals surface area contributed by atoms with E-state index in [9.17, 15) is 4.57 Å². The van der Waals surface area contributed by atoms with Crippen molar-refractivity contribution in [3.8, 4) is 5.75 Å². The summed E-state index contributed by atoms with van der Waals surface area (Å²) in [7, 11) is -2.57. The van der Waals surface area contributed by atoms with Gasteiger partial charge in [-0.1, -0.05) is 0 Å². The molecule has 4 aromatic rings. The van der Waals surface area contributed by atoms with Crippen LogP contribution in [0.1, 0.15) is 6.42 Å². The van der Waals surface area contributed by atoms with Gasteiger partial charge in [0, 0.05) is 35.4 Å². The first-order chi connectivity index (χ1) is 14.5. The van der Waals surface area contributed by atoms with E-state index in [0.717, 1.165) is 44.2 Å². The SMILES string of the molecule is CP(C)(=O)c1cc2c(Nc3ccc4scnc4c3)ccnc2cc1O[C@H]1CCOC1. The second kappa shape index (κ2) is 7.65. The fraction of sp³-hybridized carbons (Fsp3) is 0.273. The van der Waals surface area contributed by atoms with Gasteiger partial charge in [-0.2, -0.15) is 0 Å². The zero-order chi connectivity index (χ0) is 20.7. The van der Waals surface area contributed by atoms with E-state index < -0.39 is 7.14 Å². The van der Waals surface area contributed by atoms with Crippen LogP contribution in [0.25, 0.3) is 21.1 Å². The molecule has 1 saturated heterocycles. The highest BCUT2D eigenvalue weighted by Crippen LogP contribution is 2.41. The molecule has 154 valence electrons. The Morgan fingerprint density at radius 2 is 2.07 bits per heavy atom. The Labute approximate surface area is 178 Å². The van der Waals surface area contributed by atoms with Gasteiger partial charge < -0.3 is 19.4 Å². The molecule has 2 aromatic heterocycles. The van der Waals surface area contributed by atoms with Crippen molar-refractivity contribution in [2.24, 2.45) is 0 Å². The minimum Gasteiger partial charge on any atom is -0.487 e. The monoisotopic (exact) mass is 439 g/mol. The van der Waals surface area contributed by atoms with E-state index in [2.05, 4.69) is 21.4 Å². The zero-order valence-corrected chi connectivity index (χ0v) is 18.5. The molecule has 5 rings (SSSR count). The maximum Gasteiger partial charge on any atom is 0.132 e. The Kier molecular flexibility index (Phi) is 4.97. The van der Waals surface area contributed by atoms with Crippen LogP contribution in [0.4, 0.5) is 11.4 Å². The maximum atomic E-state index is 13.1. The number of pyridine rings is 1. The third kappa shape index (κ3) is 3.81. The topological polar surface area (TPSA) is 73.3 Å². The van der Waals surface area contributed by atoms with Crippen molar-refractivity contribution in [3.05, 3.63) is 48.1 Å². The van der Waals surface area contributed by atoms with Gasteiger partial charge in [-0.25, -0.2) is 4.98 Å². The summed E-state index contributed by atoms with van der Waals surface area (Å²) in [6, 6.07) is 11.9. The van der Waals surface area contributed by atoms with Crippen LogP contribution in [-0.4, -0.2) is 42.6 Å². The first-order valence-corrected chi connectivity index (χ1v) is 13.3. The van der Waals surface area contributed by atoms with E-state index in [1.165, 1.54) is 0 Å². The maximum absolute atomic E-state index is 13.1. The molecule has 0 aliphatic carbocycles. The van der Waals surface area contributed by atoms with Crippen molar-refractivity contribution in [2.45, 2.75) is 12.5 Å². The van der Waals surface area contributed by atoms with Crippen LogP contribution < -0.4 is 15.4 Å². The van der Waals surface area contributed by atoms with Crippen molar-refractivity contribution < 1.29 is 14.0 Å². The Morgan fingerprint density at radius 1 is 1.17 bits per heavy atom. The number of benzene rings is 2. The standard InChI is InChI=1S/C22H22N3O3PS/c1-29(2,26)21-10-16-17(25-14-3-4-22-19(9-14)24-13-30-22)5-7-23-18(16)11-20(21)28-15-6-8-27-12-15/h3-5,7,9-11,13,15H,6,8,12H2,1-2H3,(H,23,25)/t15-/m0/s1. The molecular weight excluding hydrogens is 417 g/mol. The van der Waals surface area contributed by atoms with Gasteiger partial charge in [-0.05, 0) is 43.7 Å². The number of hydrogen-bond donors (Lipinski definition) is 1. The predicted octanol–water partition coefficient (Wildman–Crippen LogP) is 5.00. The number of anilines is 2. The molecule has 6 nitrogen and oxygen atoms in total. The van der Waals surface area contributed by atoms with Crippen molar-refractivity contribution in [3.63, 3.8) is 0 Å². The minimum atomic E-state index is -2.57. The lowest BCUT2D eigenvalue weighted by molar-refractivity contribution is 0.142. The molecular formula is C22H22N3O3PS. The summed E-state index contributed by atoms with van der Waals surface area (Å²) in [6.45, 7) is 4.79. The van der Waals surface area contributed by atoms with Crippen LogP contribution in [0.3, 0.4) is 0 Å². The Bertz CT molecular complexity index is 1280. The van der Waals surface area contributed by atoms with Gasteiger partial charge in [-0.3, -0.25) is 4.98 Å². The van der Waals surface area contributed by atoms with Crippen molar-refractivity contribution in [1.29, 1.82) is 0 Å². The summed E-state index contributed by atoms with van der Waals surface area (Å²) in [4.78, 5) is 8.92. The highest BCUT2D eigenvalue weighted by Gasteiger charge is 2.24. The molecule has 8 heteroatoms. The summed E-state index contributed by atoms with van der Waals surface area (Å²) < 4.78 is 25.8. The molecule has 0 bridgehead atoms. The first kappa shape index (κ1) is 19.5. The molecule has 1 N–H and O–H groups in total. The highest BCUT2D eigenvalue weighted by atomic mass is 32.1. The van der Waals surface area contributed by atoms with E-state index in [4.69, 9.17) is 9.47 Å². The Balaban J connectivity index is 1.58. The van der Waals surface area contributed by atoms with Gasteiger partial charge in [0.1, 0.15) is 19.0 Å². The first-order valence-electron chi connectivity index (χ1n) is 9.80. The van der Waals surface area contributed by atoms with Gasteiger partial charge >= 0.3 is 0 Å². The predicted molar refractivity (Wildman–Crippen MR) is 124 cm³/mol. The van der Waals surface area contributed by atoms with Crippen LogP contribution in [0.2, 0.25) is 0 Å². The second-order valence-corrected chi connectivity index (χ2v) is 11.9. The average molecular weight is 439 g/mol. The highest BCUT2D eigenvalue weighted by molar-refractivity contribution is 7.70. The summed E-state index contributed by atoms with van der Waals surface area (Å²) in [5.41, 5.74) is 5.45. The number of aromatic nitrogens is 2. The Hall–Kier alpha value is -2.47. The van der Waals surface area contributed by atoms with E-state index in [1.54, 1.807) is 30.9 Å². The lowest BCUT2D eigenvalue weighted by Gasteiger charge is -2.19. The molecule has 1 aliphatic heterocycles. The third-order valence-corrected chi connectivity index (χ3v) is 7.51. The normalized spacial score (nSPS) is 16.9. The van der Waals surface area contributed by atoms with Crippen LogP contribution in [-0.2, 0) is 9.30 Å². The number of fused-ring (bicyclic) bond motifs is 2. The van der Waals surface area contributed by atoms with Crippen LogP contribution in [0, 0.1) is 0 Å². The summed E-state index contributed by atoms with van der Waals surface area (Å²) in [6.07, 6.45) is 2.59. The summed E-state index contributed by atoms with van der Waals surface area (Å²) in [5, 5.41) is 5.11. The van der Waals surface area contributed by atoms with E-state index in [-0.39, 0.29) is 6.10 Å². The van der Waals surface area contributed by atoms with Crippen LogP contribution in [0.5, 0.6) is 5.75 Å². The largest absolute Gasteiger partial charge is 0.487 e. The van der Waals surface area contributed by atoms with Crippen molar-refractivity contribution in [2.75, 3.05) is 31.9 Å². The van der Waals surface area contributed by atoms with Crippen LogP contribution >= 0.6 is 18.5 Å². The number of ether oxygens (including phenoxy) is 2. The number of nitrogens with one attached hydrogen (secondary N) is 1. The lowest BCUT2D eigenvalue weighted by atomic mass is 10.1. The fourth-order valence-corrected chi connectivity index (χ4v) is 5.41. The van der Waals surface area contributed by atoms with Crippen molar-refractivity contribution in [1.82, 2.24) is 9.97 Å². The van der Waals surface area contributed by atoms with Gasteiger partial charge in [0.05, 0.1) is 39.8 Å². The summed E-state index contributed by atoms with van der Waals surface area (Å²) >= 11 is 1.62. The second-order valence-electron chi connectivity index (χ2n) is 7.81. The molecule has 2 aromatic carbocycles. The molecule has 0 unspecified atom stereocenters. The molecule has 0 spiro atoms. The number of nitrogens with zero attached hydrogens (tertiary/aromatic N) is 2. The van der Waals surface area contributed by atoms with Crippen LogP contribution in [0.15, 0.2) is 48.1 Å². The zero-order valence-electron chi connectivity index (χ0n) is 16.8. The van der Waals surface area contributed by atoms with E-state index in [0.29, 0.717) is 19.0 Å². The molecule has 0 saturated carbocycles. The molecule has 0 amide bonds.